The number of halogens is 1. The Balaban J connectivity index is 1.43. The molecule has 0 aliphatic heterocycles. The number of amides is 1. The molecule has 33 heavy (non-hydrogen) atoms. The molecular formula is C24H29FN4O3S. The van der Waals surface area contributed by atoms with Crippen molar-refractivity contribution in [2.75, 3.05) is 20.1 Å². The second kappa shape index (κ2) is 10.7. The number of rotatable bonds is 10. The van der Waals surface area contributed by atoms with Crippen molar-refractivity contribution in [2.24, 2.45) is 0 Å². The summed E-state index contributed by atoms with van der Waals surface area (Å²) in [5, 5.41) is 7.17. The van der Waals surface area contributed by atoms with E-state index in [1.54, 1.807) is 43.1 Å². The molecule has 0 saturated carbocycles. The van der Waals surface area contributed by atoms with Crippen LogP contribution < -0.4 is 4.72 Å². The summed E-state index contributed by atoms with van der Waals surface area (Å²) in [4.78, 5) is 14.2. The van der Waals surface area contributed by atoms with Gasteiger partial charge in [0.2, 0.25) is 15.9 Å². The first-order valence-electron chi connectivity index (χ1n) is 10.8. The Labute approximate surface area is 194 Å². The first kappa shape index (κ1) is 24.6. The van der Waals surface area contributed by atoms with Crippen molar-refractivity contribution in [3.05, 3.63) is 71.2 Å². The highest BCUT2D eigenvalue weighted by atomic mass is 32.2. The SMILES string of the molecule is Cc1ccc(S(=O)(=O)NCCC(=O)N(C)CCCc2cc(-c3cccc(F)c3)n[nH]2)c(C)c1. The number of benzene rings is 2. The lowest BCUT2D eigenvalue weighted by Gasteiger charge is -2.17. The van der Waals surface area contributed by atoms with Crippen LogP contribution in [-0.4, -0.2) is 49.6 Å². The van der Waals surface area contributed by atoms with Gasteiger partial charge in [-0.3, -0.25) is 9.89 Å². The summed E-state index contributed by atoms with van der Waals surface area (Å²) in [6, 6.07) is 13.3. The van der Waals surface area contributed by atoms with Gasteiger partial charge in [0.15, 0.2) is 0 Å². The molecule has 0 unspecified atom stereocenters. The van der Waals surface area contributed by atoms with Gasteiger partial charge in [-0.2, -0.15) is 5.10 Å². The first-order chi connectivity index (χ1) is 15.7. The average Bonchev–Trinajstić information content (AvgIpc) is 3.22. The van der Waals surface area contributed by atoms with Crippen LogP contribution in [0, 0.1) is 19.7 Å². The van der Waals surface area contributed by atoms with Crippen molar-refractivity contribution in [3.63, 3.8) is 0 Å². The molecule has 7 nitrogen and oxygen atoms in total. The Morgan fingerprint density at radius 1 is 1.15 bits per heavy atom. The normalized spacial score (nSPS) is 11.5. The second-order valence-corrected chi connectivity index (χ2v) is 9.86. The lowest BCUT2D eigenvalue weighted by Crippen LogP contribution is -2.33. The molecule has 3 aromatic rings. The molecule has 0 fully saturated rings. The number of nitrogens with one attached hydrogen (secondary N) is 2. The molecule has 176 valence electrons. The van der Waals surface area contributed by atoms with E-state index in [0.29, 0.717) is 36.2 Å². The molecule has 0 spiro atoms. The number of aryl methyl sites for hydroxylation is 3. The van der Waals surface area contributed by atoms with Gasteiger partial charge in [-0.05, 0) is 56.5 Å². The van der Waals surface area contributed by atoms with E-state index < -0.39 is 10.0 Å². The number of sulfonamides is 1. The van der Waals surface area contributed by atoms with E-state index >= 15 is 0 Å². The Bertz CT molecular complexity index is 1220. The minimum atomic E-state index is -3.66. The molecule has 3 rings (SSSR count). The Kier molecular flexibility index (Phi) is 7.99. The minimum absolute atomic E-state index is 0.0381. The number of carbonyl (C=O) groups excluding carboxylic acids is 1. The number of aromatic nitrogens is 2. The number of hydrogen-bond acceptors (Lipinski definition) is 4. The summed E-state index contributed by atoms with van der Waals surface area (Å²) in [5.74, 6) is -0.447. The third-order valence-corrected chi connectivity index (χ3v) is 6.99. The number of H-pyrrole nitrogens is 1. The zero-order valence-corrected chi connectivity index (χ0v) is 19.9. The van der Waals surface area contributed by atoms with Crippen LogP contribution in [-0.2, 0) is 21.2 Å². The highest BCUT2D eigenvalue weighted by Gasteiger charge is 2.17. The maximum atomic E-state index is 13.4. The van der Waals surface area contributed by atoms with E-state index in [2.05, 4.69) is 14.9 Å². The number of nitrogens with zero attached hydrogens (tertiary/aromatic N) is 2. The average molecular weight is 473 g/mol. The molecular weight excluding hydrogens is 443 g/mol. The molecule has 0 saturated heterocycles. The highest BCUT2D eigenvalue weighted by Crippen LogP contribution is 2.19. The highest BCUT2D eigenvalue weighted by molar-refractivity contribution is 7.89. The standard InChI is InChI=1S/C24H29FN4O3S/c1-17-9-10-23(18(2)14-17)33(31,32)26-12-11-24(30)29(3)13-5-8-21-16-22(28-27-21)19-6-4-7-20(25)15-19/h4,6-7,9-10,14-16,26H,5,8,11-13H2,1-3H3,(H,27,28). The van der Waals surface area contributed by atoms with Crippen molar-refractivity contribution in [1.82, 2.24) is 19.8 Å². The van der Waals surface area contributed by atoms with Crippen molar-refractivity contribution < 1.29 is 17.6 Å². The summed E-state index contributed by atoms with van der Waals surface area (Å²) in [5.41, 5.74) is 3.93. The molecule has 0 bridgehead atoms. The van der Waals surface area contributed by atoms with Gasteiger partial charge in [0, 0.05) is 37.8 Å². The van der Waals surface area contributed by atoms with Crippen molar-refractivity contribution in [3.8, 4) is 11.3 Å². The summed E-state index contributed by atoms with van der Waals surface area (Å²) >= 11 is 0. The maximum Gasteiger partial charge on any atom is 0.240 e. The van der Waals surface area contributed by atoms with E-state index in [1.807, 2.05) is 19.1 Å². The molecule has 0 atom stereocenters. The van der Waals surface area contributed by atoms with Gasteiger partial charge < -0.3 is 4.90 Å². The molecule has 0 radical (unpaired) electrons. The van der Waals surface area contributed by atoms with E-state index in [1.165, 1.54) is 12.1 Å². The summed E-state index contributed by atoms with van der Waals surface area (Å²) in [6.07, 6.45) is 1.47. The predicted molar refractivity (Wildman–Crippen MR) is 126 cm³/mol. The molecule has 2 N–H and O–H groups in total. The van der Waals surface area contributed by atoms with Crippen LogP contribution in [0.3, 0.4) is 0 Å². The van der Waals surface area contributed by atoms with E-state index in [9.17, 15) is 17.6 Å². The van der Waals surface area contributed by atoms with Gasteiger partial charge in [-0.1, -0.05) is 29.8 Å². The molecule has 1 aromatic heterocycles. The first-order valence-corrected chi connectivity index (χ1v) is 12.2. The number of hydrogen-bond donors (Lipinski definition) is 2. The van der Waals surface area contributed by atoms with Crippen LogP contribution in [0.4, 0.5) is 4.39 Å². The van der Waals surface area contributed by atoms with Crippen LogP contribution in [0.25, 0.3) is 11.3 Å². The van der Waals surface area contributed by atoms with Gasteiger partial charge in [-0.25, -0.2) is 17.5 Å². The topological polar surface area (TPSA) is 95.2 Å². The van der Waals surface area contributed by atoms with Gasteiger partial charge in [0.25, 0.3) is 0 Å². The lowest BCUT2D eigenvalue weighted by molar-refractivity contribution is -0.129. The van der Waals surface area contributed by atoms with Crippen molar-refractivity contribution in [1.29, 1.82) is 0 Å². The van der Waals surface area contributed by atoms with Crippen LogP contribution in [0.2, 0.25) is 0 Å². The van der Waals surface area contributed by atoms with Crippen LogP contribution >= 0.6 is 0 Å². The van der Waals surface area contributed by atoms with Gasteiger partial charge in [0.1, 0.15) is 5.82 Å². The van der Waals surface area contributed by atoms with Crippen LogP contribution in [0.5, 0.6) is 0 Å². The monoisotopic (exact) mass is 472 g/mol. The lowest BCUT2D eigenvalue weighted by atomic mass is 10.1. The van der Waals surface area contributed by atoms with Crippen molar-refractivity contribution >= 4 is 15.9 Å². The van der Waals surface area contributed by atoms with Gasteiger partial charge in [0.05, 0.1) is 10.6 Å². The largest absolute Gasteiger partial charge is 0.346 e. The molecule has 1 heterocycles. The third kappa shape index (κ3) is 6.72. The van der Waals surface area contributed by atoms with Gasteiger partial charge in [-0.15, -0.1) is 0 Å². The maximum absolute atomic E-state index is 13.4. The predicted octanol–water partition coefficient (Wildman–Crippen LogP) is 3.59. The van der Waals surface area contributed by atoms with Gasteiger partial charge >= 0.3 is 0 Å². The summed E-state index contributed by atoms with van der Waals surface area (Å²) < 4.78 is 40.9. The van der Waals surface area contributed by atoms with E-state index in [-0.39, 0.29) is 29.6 Å². The molecule has 1 amide bonds. The Morgan fingerprint density at radius 2 is 1.94 bits per heavy atom. The second-order valence-electron chi connectivity index (χ2n) is 8.12. The quantitative estimate of drug-likeness (QED) is 0.471. The zero-order chi connectivity index (χ0) is 24.0. The fraction of sp³-hybridized carbons (Fsp3) is 0.333. The van der Waals surface area contributed by atoms with E-state index in [4.69, 9.17) is 0 Å². The summed E-state index contributed by atoms with van der Waals surface area (Å²) in [7, 11) is -1.96. The number of carbonyl (C=O) groups is 1. The minimum Gasteiger partial charge on any atom is -0.346 e. The Morgan fingerprint density at radius 3 is 2.67 bits per heavy atom. The zero-order valence-electron chi connectivity index (χ0n) is 19.1. The fourth-order valence-electron chi connectivity index (χ4n) is 3.58. The molecule has 0 aliphatic carbocycles. The van der Waals surface area contributed by atoms with E-state index in [0.717, 1.165) is 11.3 Å². The van der Waals surface area contributed by atoms with Crippen molar-refractivity contribution in [2.45, 2.75) is 38.0 Å². The molecule has 9 heteroatoms. The molecule has 2 aromatic carbocycles. The fourth-order valence-corrected chi connectivity index (χ4v) is 4.83. The Hall–Kier alpha value is -3.04. The smallest absolute Gasteiger partial charge is 0.240 e. The van der Waals surface area contributed by atoms with Crippen LogP contribution in [0.15, 0.2) is 53.4 Å². The summed E-state index contributed by atoms with van der Waals surface area (Å²) in [6.45, 7) is 4.22. The number of aromatic amines is 1. The third-order valence-electron chi connectivity index (χ3n) is 5.37. The van der Waals surface area contributed by atoms with Crippen LogP contribution in [0.1, 0.15) is 29.7 Å². The molecule has 0 aliphatic rings.